The maximum atomic E-state index is 5.87. The van der Waals surface area contributed by atoms with Crippen LogP contribution in [-0.4, -0.2) is 17.6 Å². The van der Waals surface area contributed by atoms with Crippen LogP contribution in [0.1, 0.15) is 26.3 Å². The van der Waals surface area contributed by atoms with Crippen LogP contribution in [0.15, 0.2) is 30.3 Å². The molecule has 2 N–H and O–H groups in total. The maximum Gasteiger partial charge on any atom is 0.134 e. The molecule has 0 spiro atoms. The van der Waals surface area contributed by atoms with Gasteiger partial charge in [-0.3, -0.25) is 0 Å². The Labute approximate surface area is 109 Å². The third kappa shape index (κ3) is 2.31. The number of benzene rings is 1. The highest BCUT2D eigenvalue weighted by molar-refractivity contribution is 5.81. The van der Waals surface area contributed by atoms with Crippen LogP contribution in [0.2, 0.25) is 0 Å². The van der Waals surface area contributed by atoms with Crippen molar-refractivity contribution < 1.29 is 0 Å². The van der Waals surface area contributed by atoms with Gasteiger partial charge < -0.3 is 10.6 Å². The van der Waals surface area contributed by atoms with Gasteiger partial charge in [0, 0.05) is 30.1 Å². The molecule has 0 aliphatic rings. The molecule has 2 aromatic rings. The fourth-order valence-electron chi connectivity index (χ4n) is 2.31. The molecule has 0 fully saturated rings. The second-order valence-corrected chi connectivity index (χ2v) is 4.75. The van der Waals surface area contributed by atoms with E-state index in [1.54, 1.807) is 0 Å². The number of rotatable bonds is 4. The Morgan fingerprint density at radius 3 is 2.61 bits per heavy atom. The van der Waals surface area contributed by atoms with Crippen molar-refractivity contribution in [2.75, 3.05) is 11.4 Å². The average molecular weight is 243 g/mol. The predicted molar refractivity (Wildman–Crippen MR) is 77.8 cm³/mol. The first-order valence-electron chi connectivity index (χ1n) is 6.52. The minimum absolute atomic E-state index is 0.425. The minimum atomic E-state index is 0.425. The predicted octanol–water partition coefficient (Wildman–Crippen LogP) is 2.93. The SMILES string of the molecule is CCN(c1nc2ccccc2cc1CN)C(C)C. The average Bonchev–Trinajstić information content (AvgIpc) is 2.38. The van der Waals surface area contributed by atoms with Gasteiger partial charge in [0.05, 0.1) is 5.52 Å². The van der Waals surface area contributed by atoms with Gasteiger partial charge >= 0.3 is 0 Å². The Kier molecular flexibility index (Phi) is 3.82. The normalized spacial score (nSPS) is 11.2. The molecule has 0 unspecified atom stereocenters. The molecule has 0 atom stereocenters. The van der Waals surface area contributed by atoms with Crippen LogP contribution in [0.3, 0.4) is 0 Å². The zero-order valence-corrected chi connectivity index (χ0v) is 11.4. The Bertz CT molecular complexity index is 534. The monoisotopic (exact) mass is 243 g/mol. The molecule has 96 valence electrons. The van der Waals surface area contributed by atoms with Crippen LogP contribution in [0.25, 0.3) is 10.9 Å². The standard InChI is InChI=1S/C15H21N3/c1-4-18(11(2)3)15-13(10-16)9-12-7-5-6-8-14(12)17-15/h5-9,11H,4,10,16H2,1-3H3. The summed E-state index contributed by atoms with van der Waals surface area (Å²) in [7, 11) is 0. The van der Waals surface area contributed by atoms with E-state index in [9.17, 15) is 0 Å². The molecule has 0 radical (unpaired) electrons. The zero-order chi connectivity index (χ0) is 13.1. The summed E-state index contributed by atoms with van der Waals surface area (Å²) in [6.45, 7) is 7.98. The highest BCUT2D eigenvalue weighted by Gasteiger charge is 2.14. The molecule has 0 bridgehead atoms. The summed E-state index contributed by atoms with van der Waals surface area (Å²) in [4.78, 5) is 7.07. The number of anilines is 1. The molecule has 3 nitrogen and oxygen atoms in total. The van der Waals surface area contributed by atoms with Crippen molar-refractivity contribution in [1.82, 2.24) is 4.98 Å². The Hall–Kier alpha value is -1.61. The molecule has 2 rings (SSSR count). The molecule has 0 saturated carbocycles. The van der Waals surface area contributed by atoms with Crippen molar-refractivity contribution in [1.29, 1.82) is 0 Å². The van der Waals surface area contributed by atoms with Crippen molar-refractivity contribution in [2.45, 2.75) is 33.4 Å². The van der Waals surface area contributed by atoms with Crippen LogP contribution < -0.4 is 10.6 Å². The van der Waals surface area contributed by atoms with Gasteiger partial charge in [-0.15, -0.1) is 0 Å². The molecule has 1 heterocycles. The van der Waals surface area contributed by atoms with Crippen LogP contribution in [0.4, 0.5) is 5.82 Å². The maximum absolute atomic E-state index is 5.87. The smallest absolute Gasteiger partial charge is 0.134 e. The van der Waals surface area contributed by atoms with E-state index < -0.39 is 0 Å². The Balaban J connectivity index is 2.60. The molecule has 1 aromatic heterocycles. The zero-order valence-electron chi connectivity index (χ0n) is 11.4. The summed E-state index contributed by atoms with van der Waals surface area (Å²) >= 11 is 0. The van der Waals surface area contributed by atoms with Gasteiger partial charge in [-0.05, 0) is 32.9 Å². The third-order valence-electron chi connectivity index (χ3n) is 3.24. The van der Waals surface area contributed by atoms with Crippen molar-refractivity contribution >= 4 is 16.7 Å². The number of pyridine rings is 1. The number of para-hydroxylation sites is 1. The van der Waals surface area contributed by atoms with E-state index in [0.29, 0.717) is 12.6 Å². The quantitative estimate of drug-likeness (QED) is 0.897. The van der Waals surface area contributed by atoms with Crippen molar-refractivity contribution in [3.05, 3.63) is 35.9 Å². The van der Waals surface area contributed by atoms with Gasteiger partial charge in [-0.1, -0.05) is 18.2 Å². The summed E-state index contributed by atoms with van der Waals surface area (Å²) in [5, 5.41) is 1.15. The number of hydrogen-bond donors (Lipinski definition) is 1. The number of nitrogens with zero attached hydrogens (tertiary/aromatic N) is 2. The van der Waals surface area contributed by atoms with Gasteiger partial charge in [0.15, 0.2) is 0 Å². The molecule has 1 aromatic carbocycles. The Morgan fingerprint density at radius 2 is 2.00 bits per heavy atom. The van der Waals surface area contributed by atoms with Gasteiger partial charge in [0.2, 0.25) is 0 Å². The minimum Gasteiger partial charge on any atom is -0.354 e. The van der Waals surface area contributed by atoms with Crippen molar-refractivity contribution in [2.24, 2.45) is 5.73 Å². The second kappa shape index (κ2) is 5.36. The third-order valence-corrected chi connectivity index (χ3v) is 3.24. The Morgan fingerprint density at radius 1 is 1.28 bits per heavy atom. The fraction of sp³-hybridized carbons (Fsp3) is 0.400. The van der Waals surface area contributed by atoms with Gasteiger partial charge in [0.1, 0.15) is 5.82 Å². The molecule has 0 saturated heterocycles. The lowest BCUT2D eigenvalue weighted by molar-refractivity contribution is 0.690. The highest BCUT2D eigenvalue weighted by Crippen LogP contribution is 2.24. The molecule has 3 heteroatoms. The van der Waals surface area contributed by atoms with E-state index in [1.807, 2.05) is 18.2 Å². The highest BCUT2D eigenvalue weighted by atomic mass is 15.2. The largest absolute Gasteiger partial charge is 0.354 e. The lowest BCUT2D eigenvalue weighted by atomic mass is 10.1. The molecule has 0 amide bonds. The van der Waals surface area contributed by atoms with Crippen LogP contribution in [0, 0.1) is 0 Å². The summed E-state index contributed by atoms with van der Waals surface area (Å²) in [5.74, 6) is 1.02. The molecular weight excluding hydrogens is 222 g/mol. The fourth-order valence-corrected chi connectivity index (χ4v) is 2.31. The summed E-state index contributed by atoms with van der Waals surface area (Å²) in [6, 6.07) is 10.8. The van der Waals surface area contributed by atoms with Crippen LogP contribution in [-0.2, 0) is 6.54 Å². The van der Waals surface area contributed by atoms with E-state index in [-0.39, 0.29) is 0 Å². The second-order valence-electron chi connectivity index (χ2n) is 4.75. The number of nitrogens with two attached hydrogens (primary N) is 1. The van der Waals surface area contributed by atoms with Gasteiger partial charge in [-0.2, -0.15) is 0 Å². The summed E-state index contributed by atoms with van der Waals surface area (Å²) in [5.41, 5.74) is 8.01. The van der Waals surface area contributed by atoms with E-state index >= 15 is 0 Å². The first kappa shape index (κ1) is 12.8. The van der Waals surface area contributed by atoms with Gasteiger partial charge in [-0.25, -0.2) is 4.98 Å². The lowest BCUT2D eigenvalue weighted by Gasteiger charge is -2.28. The van der Waals surface area contributed by atoms with Crippen LogP contribution in [0.5, 0.6) is 0 Å². The molecule has 0 aliphatic carbocycles. The number of fused-ring (bicyclic) bond motifs is 1. The van der Waals surface area contributed by atoms with E-state index in [0.717, 1.165) is 28.8 Å². The molecule has 0 aliphatic heterocycles. The lowest BCUT2D eigenvalue weighted by Crippen LogP contribution is -2.32. The number of hydrogen-bond acceptors (Lipinski definition) is 3. The first-order chi connectivity index (χ1) is 8.67. The molecular formula is C15H21N3. The van der Waals surface area contributed by atoms with E-state index in [1.165, 1.54) is 0 Å². The topological polar surface area (TPSA) is 42.2 Å². The van der Waals surface area contributed by atoms with Crippen LogP contribution >= 0.6 is 0 Å². The van der Waals surface area contributed by atoms with Crippen molar-refractivity contribution in [3.63, 3.8) is 0 Å². The first-order valence-corrected chi connectivity index (χ1v) is 6.52. The summed E-state index contributed by atoms with van der Waals surface area (Å²) in [6.07, 6.45) is 0. The van der Waals surface area contributed by atoms with Gasteiger partial charge in [0.25, 0.3) is 0 Å². The van der Waals surface area contributed by atoms with Crippen molar-refractivity contribution in [3.8, 4) is 0 Å². The summed E-state index contributed by atoms with van der Waals surface area (Å²) < 4.78 is 0. The molecule has 18 heavy (non-hydrogen) atoms. The number of aromatic nitrogens is 1. The van der Waals surface area contributed by atoms with E-state index in [4.69, 9.17) is 10.7 Å². The van der Waals surface area contributed by atoms with E-state index in [2.05, 4.69) is 37.8 Å².